The Morgan fingerprint density at radius 1 is 1.32 bits per heavy atom. The highest BCUT2D eigenvalue weighted by molar-refractivity contribution is 9.10. The lowest BCUT2D eigenvalue weighted by atomic mass is 10.2. The molecular formula is C11H12BrN3O4. The molecule has 3 amide bonds. The molecule has 1 aromatic rings. The standard InChI is InChI=1S/C11H12BrN3O4/c12-7-3-1-2-6(10(17)18)9(7)15-11(19)14-5-4-8(13)16/h1-3H,4-5H2,(H2,13,16)(H,17,18)(H2,14,15,19). The molecule has 0 heterocycles. The highest BCUT2D eigenvalue weighted by Gasteiger charge is 2.14. The number of hydrogen-bond donors (Lipinski definition) is 4. The molecular weight excluding hydrogens is 318 g/mol. The summed E-state index contributed by atoms with van der Waals surface area (Å²) in [4.78, 5) is 33.0. The van der Waals surface area contributed by atoms with Gasteiger partial charge in [-0.1, -0.05) is 6.07 Å². The third-order valence-corrected chi connectivity index (χ3v) is 2.80. The number of carboxylic acids is 1. The van der Waals surface area contributed by atoms with E-state index in [-0.39, 0.29) is 24.2 Å². The molecule has 0 aliphatic heterocycles. The first-order valence-electron chi connectivity index (χ1n) is 5.26. The van der Waals surface area contributed by atoms with Crippen LogP contribution in [-0.4, -0.2) is 29.6 Å². The van der Waals surface area contributed by atoms with Crippen LogP contribution in [0.4, 0.5) is 10.5 Å². The highest BCUT2D eigenvalue weighted by Crippen LogP contribution is 2.26. The number of aromatic carboxylic acids is 1. The number of nitrogens with one attached hydrogen (secondary N) is 2. The number of amides is 3. The minimum atomic E-state index is -1.16. The number of nitrogens with two attached hydrogens (primary N) is 1. The Hall–Kier alpha value is -2.09. The Morgan fingerprint density at radius 3 is 2.58 bits per heavy atom. The molecule has 0 unspecified atom stereocenters. The average Bonchev–Trinajstić information content (AvgIpc) is 2.30. The quantitative estimate of drug-likeness (QED) is 0.647. The number of para-hydroxylation sites is 1. The fraction of sp³-hybridized carbons (Fsp3) is 0.182. The van der Waals surface area contributed by atoms with Crippen LogP contribution >= 0.6 is 15.9 Å². The number of carbonyl (C=O) groups is 3. The average molecular weight is 330 g/mol. The van der Waals surface area contributed by atoms with Gasteiger partial charge >= 0.3 is 12.0 Å². The summed E-state index contributed by atoms with van der Waals surface area (Å²) in [5, 5.41) is 13.8. The van der Waals surface area contributed by atoms with Crippen LogP contribution < -0.4 is 16.4 Å². The van der Waals surface area contributed by atoms with Crippen LogP contribution in [0.5, 0.6) is 0 Å². The Balaban J connectivity index is 2.73. The number of primary amides is 1. The third-order valence-electron chi connectivity index (χ3n) is 2.14. The predicted molar refractivity (Wildman–Crippen MR) is 71.9 cm³/mol. The van der Waals surface area contributed by atoms with Crippen molar-refractivity contribution in [3.05, 3.63) is 28.2 Å². The molecule has 0 spiro atoms. The van der Waals surface area contributed by atoms with Gasteiger partial charge < -0.3 is 21.5 Å². The number of anilines is 1. The van der Waals surface area contributed by atoms with Crippen molar-refractivity contribution in [2.45, 2.75) is 6.42 Å². The van der Waals surface area contributed by atoms with Crippen LogP contribution in [0.25, 0.3) is 0 Å². The van der Waals surface area contributed by atoms with Crippen molar-refractivity contribution in [1.82, 2.24) is 5.32 Å². The molecule has 1 aromatic carbocycles. The van der Waals surface area contributed by atoms with Crippen LogP contribution in [0.3, 0.4) is 0 Å². The maximum Gasteiger partial charge on any atom is 0.337 e. The first-order valence-corrected chi connectivity index (χ1v) is 6.06. The zero-order chi connectivity index (χ0) is 14.4. The molecule has 8 heteroatoms. The zero-order valence-corrected chi connectivity index (χ0v) is 11.4. The highest BCUT2D eigenvalue weighted by atomic mass is 79.9. The number of urea groups is 1. The molecule has 102 valence electrons. The Kier molecular flexibility index (Phi) is 5.31. The van der Waals surface area contributed by atoms with Crippen molar-refractivity contribution in [2.75, 3.05) is 11.9 Å². The summed E-state index contributed by atoms with van der Waals surface area (Å²) >= 11 is 3.16. The Labute approximate surface area is 117 Å². The van der Waals surface area contributed by atoms with Crippen molar-refractivity contribution >= 4 is 39.5 Å². The van der Waals surface area contributed by atoms with Crippen molar-refractivity contribution in [3.8, 4) is 0 Å². The van der Waals surface area contributed by atoms with Crippen molar-refractivity contribution in [1.29, 1.82) is 0 Å². The summed E-state index contributed by atoms with van der Waals surface area (Å²) in [6, 6.07) is 3.90. The van der Waals surface area contributed by atoms with E-state index < -0.39 is 17.9 Å². The first kappa shape index (κ1) is 15.0. The fourth-order valence-electron chi connectivity index (χ4n) is 1.29. The van der Waals surface area contributed by atoms with E-state index in [1.54, 1.807) is 12.1 Å². The molecule has 19 heavy (non-hydrogen) atoms. The van der Waals surface area contributed by atoms with Crippen LogP contribution in [0.1, 0.15) is 16.8 Å². The van der Waals surface area contributed by atoms with Gasteiger partial charge in [-0.15, -0.1) is 0 Å². The van der Waals surface area contributed by atoms with Gasteiger partial charge in [0.1, 0.15) is 0 Å². The lowest BCUT2D eigenvalue weighted by Crippen LogP contribution is -2.32. The van der Waals surface area contributed by atoms with E-state index >= 15 is 0 Å². The first-order chi connectivity index (χ1) is 8.91. The van der Waals surface area contributed by atoms with E-state index in [9.17, 15) is 14.4 Å². The van der Waals surface area contributed by atoms with Crippen molar-refractivity contribution in [2.24, 2.45) is 5.73 Å². The summed E-state index contributed by atoms with van der Waals surface area (Å²) in [5.41, 5.74) is 5.03. The van der Waals surface area contributed by atoms with Gasteiger partial charge in [-0.05, 0) is 28.1 Å². The lowest BCUT2D eigenvalue weighted by molar-refractivity contribution is -0.117. The second kappa shape index (κ2) is 6.74. The molecule has 0 saturated heterocycles. The Morgan fingerprint density at radius 2 is 2.00 bits per heavy atom. The molecule has 0 radical (unpaired) electrons. The molecule has 0 bridgehead atoms. The minimum Gasteiger partial charge on any atom is -0.478 e. The van der Waals surface area contributed by atoms with Crippen molar-refractivity contribution in [3.63, 3.8) is 0 Å². The van der Waals surface area contributed by atoms with Crippen LogP contribution in [0, 0.1) is 0 Å². The number of carboxylic acid groups (broad SMARTS) is 1. The molecule has 0 aliphatic rings. The van der Waals surface area contributed by atoms with E-state index in [0.29, 0.717) is 4.47 Å². The maximum absolute atomic E-state index is 11.5. The molecule has 0 fully saturated rings. The second-order valence-corrected chi connectivity index (χ2v) is 4.42. The van der Waals surface area contributed by atoms with Gasteiger partial charge in [-0.2, -0.15) is 0 Å². The third kappa shape index (κ3) is 4.59. The van der Waals surface area contributed by atoms with Gasteiger partial charge in [-0.25, -0.2) is 9.59 Å². The van der Waals surface area contributed by atoms with E-state index in [4.69, 9.17) is 10.8 Å². The summed E-state index contributed by atoms with van der Waals surface area (Å²) < 4.78 is 0.442. The molecule has 5 N–H and O–H groups in total. The number of carbonyl (C=O) groups excluding carboxylic acids is 2. The van der Waals surface area contributed by atoms with Gasteiger partial charge in [0.05, 0.1) is 11.3 Å². The van der Waals surface area contributed by atoms with E-state index in [2.05, 4.69) is 26.6 Å². The smallest absolute Gasteiger partial charge is 0.337 e. The summed E-state index contributed by atoms with van der Waals surface area (Å²) in [6.07, 6.45) is 0.00909. The maximum atomic E-state index is 11.5. The molecule has 1 rings (SSSR count). The molecule has 0 aromatic heterocycles. The molecule has 7 nitrogen and oxygen atoms in total. The van der Waals surface area contributed by atoms with E-state index in [0.717, 1.165) is 0 Å². The number of halogens is 1. The van der Waals surface area contributed by atoms with Gasteiger partial charge in [0.2, 0.25) is 5.91 Å². The van der Waals surface area contributed by atoms with Crippen LogP contribution in [0.15, 0.2) is 22.7 Å². The normalized spacial score (nSPS) is 9.74. The predicted octanol–water partition coefficient (Wildman–Crippen LogP) is 1.14. The van der Waals surface area contributed by atoms with Crippen LogP contribution in [0.2, 0.25) is 0 Å². The number of hydrogen-bond acceptors (Lipinski definition) is 3. The molecule has 0 saturated carbocycles. The van der Waals surface area contributed by atoms with E-state index in [1.165, 1.54) is 6.07 Å². The number of rotatable bonds is 5. The SMILES string of the molecule is NC(=O)CCNC(=O)Nc1c(Br)cccc1C(=O)O. The van der Waals surface area contributed by atoms with Gasteiger partial charge in [-0.3, -0.25) is 4.79 Å². The minimum absolute atomic E-state index is 0.00909. The zero-order valence-electron chi connectivity index (χ0n) is 9.77. The van der Waals surface area contributed by atoms with Gasteiger partial charge in [0, 0.05) is 17.4 Å². The topological polar surface area (TPSA) is 122 Å². The lowest BCUT2D eigenvalue weighted by Gasteiger charge is -2.11. The van der Waals surface area contributed by atoms with Crippen LogP contribution in [-0.2, 0) is 4.79 Å². The molecule has 0 atom stereocenters. The fourth-order valence-corrected chi connectivity index (χ4v) is 1.75. The van der Waals surface area contributed by atoms with E-state index in [1.807, 2.05) is 0 Å². The summed E-state index contributed by atoms with van der Waals surface area (Å²) in [7, 11) is 0. The Bertz CT molecular complexity index is 519. The summed E-state index contributed by atoms with van der Waals surface area (Å²) in [6.45, 7) is 0.0774. The molecule has 0 aliphatic carbocycles. The van der Waals surface area contributed by atoms with Crippen molar-refractivity contribution < 1.29 is 19.5 Å². The van der Waals surface area contributed by atoms with Gasteiger partial charge in [0.25, 0.3) is 0 Å². The largest absolute Gasteiger partial charge is 0.478 e. The monoisotopic (exact) mass is 329 g/mol. The summed E-state index contributed by atoms with van der Waals surface area (Å²) in [5.74, 6) is -1.69. The van der Waals surface area contributed by atoms with Gasteiger partial charge in [0.15, 0.2) is 0 Å². The number of benzene rings is 1. The second-order valence-electron chi connectivity index (χ2n) is 3.56.